The molecule has 0 rings (SSSR count). The molecular formula is C5H11N3O8S2. The van der Waals surface area contributed by atoms with Crippen LogP contribution in [0.15, 0.2) is 0 Å². The highest BCUT2D eigenvalue weighted by Gasteiger charge is 2.22. The zero-order valence-corrected chi connectivity index (χ0v) is 10.4. The standard InChI is InChI=1S/C5H11N3O8S2/c6-3(5(10)16-18(8,13)14)1-2-4(9)15-17(7,11)12/h3H,1-2,6H2,(H2,7,11,12)(H2,8,13,14)/t3-/m0/s1. The van der Waals surface area contributed by atoms with Gasteiger partial charge in [0.2, 0.25) is 0 Å². The van der Waals surface area contributed by atoms with Crippen molar-refractivity contribution in [2.75, 3.05) is 0 Å². The normalized spacial score (nSPS) is 13.7. The monoisotopic (exact) mass is 305 g/mol. The summed E-state index contributed by atoms with van der Waals surface area (Å²) in [5.74, 6) is -2.64. The Morgan fingerprint density at radius 1 is 1.00 bits per heavy atom. The summed E-state index contributed by atoms with van der Waals surface area (Å²) in [5.41, 5.74) is 5.15. The molecular weight excluding hydrogens is 294 g/mol. The van der Waals surface area contributed by atoms with E-state index in [2.05, 4.69) is 18.6 Å². The number of hydrogen-bond acceptors (Lipinski definition) is 9. The van der Waals surface area contributed by atoms with Crippen LogP contribution in [-0.4, -0.2) is 34.8 Å². The first kappa shape index (κ1) is 16.7. The van der Waals surface area contributed by atoms with Gasteiger partial charge in [-0.2, -0.15) is 27.1 Å². The van der Waals surface area contributed by atoms with Crippen LogP contribution >= 0.6 is 0 Å². The molecule has 6 N–H and O–H groups in total. The summed E-state index contributed by atoms with van der Waals surface area (Å²) in [6, 6.07) is -1.49. The molecule has 0 radical (unpaired) electrons. The molecule has 0 aliphatic heterocycles. The number of carbonyl (C=O) groups excluding carboxylic acids is 2. The molecule has 0 aromatic rings. The summed E-state index contributed by atoms with van der Waals surface area (Å²) in [6.45, 7) is 0. The van der Waals surface area contributed by atoms with E-state index in [0.29, 0.717) is 0 Å². The number of hydrogen-bond donors (Lipinski definition) is 3. The summed E-state index contributed by atoms with van der Waals surface area (Å²) >= 11 is 0. The lowest BCUT2D eigenvalue weighted by Crippen LogP contribution is -2.36. The highest BCUT2D eigenvalue weighted by atomic mass is 32.2. The van der Waals surface area contributed by atoms with E-state index in [1.807, 2.05) is 0 Å². The molecule has 0 aliphatic rings. The van der Waals surface area contributed by atoms with Crippen LogP contribution in [0, 0.1) is 0 Å². The molecule has 0 saturated heterocycles. The highest BCUT2D eigenvalue weighted by molar-refractivity contribution is 7.85. The van der Waals surface area contributed by atoms with Gasteiger partial charge >= 0.3 is 32.5 Å². The Morgan fingerprint density at radius 2 is 1.44 bits per heavy atom. The van der Waals surface area contributed by atoms with Crippen LogP contribution in [0.4, 0.5) is 0 Å². The molecule has 0 heterocycles. The minimum atomic E-state index is -4.50. The molecule has 13 heteroatoms. The summed E-state index contributed by atoms with van der Waals surface area (Å²) in [4.78, 5) is 21.8. The quantitative estimate of drug-likeness (QED) is 0.447. The lowest BCUT2D eigenvalue weighted by Gasteiger charge is -2.08. The lowest BCUT2D eigenvalue weighted by molar-refractivity contribution is -0.136. The van der Waals surface area contributed by atoms with E-state index in [9.17, 15) is 26.4 Å². The zero-order chi connectivity index (χ0) is 14.6. The van der Waals surface area contributed by atoms with Crippen LogP contribution in [0.3, 0.4) is 0 Å². The van der Waals surface area contributed by atoms with Crippen molar-refractivity contribution in [3.63, 3.8) is 0 Å². The van der Waals surface area contributed by atoms with E-state index >= 15 is 0 Å². The van der Waals surface area contributed by atoms with E-state index < -0.39 is 51.4 Å². The number of nitrogens with two attached hydrogens (primary N) is 3. The molecule has 11 nitrogen and oxygen atoms in total. The molecule has 0 spiro atoms. The second-order valence-corrected chi connectivity index (χ2v) is 5.29. The predicted octanol–water partition coefficient (Wildman–Crippen LogP) is -3.41. The van der Waals surface area contributed by atoms with Crippen LogP contribution in [0.1, 0.15) is 12.8 Å². The molecule has 0 amide bonds. The van der Waals surface area contributed by atoms with Gasteiger partial charge in [-0.25, -0.2) is 4.79 Å². The van der Waals surface area contributed by atoms with E-state index in [1.165, 1.54) is 0 Å². The van der Waals surface area contributed by atoms with Crippen molar-refractivity contribution in [2.45, 2.75) is 18.9 Å². The first-order valence-electron chi connectivity index (χ1n) is 4.17. The van der Waals surface area contributed by atoms with Gasteiger partial charge in [-0.05, 0) is 6.42 Å². The van der Waals surface area contributed by atoms with E-state index in [-0.39, 0.29) is 0 Å². The Hall–Kier alpha value is -1.28. The molecule has 18 heavy (non-hydrogen) atoms. The Kier molecular flexibility index (Phi) is 5.62. The summed E-state index contributed by atoms with van der Waals surface area (Å²) < 4.78 is 48.8. The van der Waals surface area contributed by atoms with Crippen LogP contribution < -0.4 is 16.0 Å². The molecule has 1 atom stereocenters. The Morgan fingerprint density at radius 3 is 1.83 bits per heavy atom. The average molecular weight is 305 g/mol. The van der Waals surface area contributed by atoms with Crippen molar-refractivity contribution < 1.29 is 34.8 Å². The second kappa shape index (κ2) is 6.05. The summed E-state index contributed by atoms with van der Waals surface area (Å²) in [5, 5.41) is 8.80. The van der Waals surface area contributed by atoms with Crippen LogP contribution in [0.5, 0.6) is 0 Å². The summed E-state index contributed by atoms with van der Waals surface area (Å²) in [6.07, 6.45) is -1.000. The summed E-state index contributed by atoms with van der Waals surface area (Å²) in [7, 11) is -8.94. The Labute approximate surface area is 103 Å². The average Bonchev–Trinajstić information content (AvgIpc) is 2.08. The predicted molar refractivity (Wildman–Crippen MR) is 55.6 cm³/mol. The SMILES string of the molecule is N[C@@H](CCC(=O)OS(N)(=O)=O)C(=O)OS(N)(=O)=O. The maximum absolute atomic E-state index is 11.0. The fraction of sp³-hybridized carbons (Fsp3) is 0.600. The van der Waals surface area contributed by atoms with E-state index in [4.69, 9.17) is 5.73 Å². The third kappa shape index (κ3) is 8.82. The number of rotatable bonds is 6. The van der Waals surface area contributed by atoms with E-state index in [1.54, 1.807) is 0 Å². The van der Waals surface area contributed by atoms with Crippen molar-refractivity contribution in [1.29, 1.82) is 0 Å². The molecule has 0 saturated carbocycles. The molecule has 0 unspecified atom stereocenters. The lowest BCUT2D eigenvalue weighted by atomic mass is 10.2. The third-order valence-corrected chi connectivity index (χ3v) is 2.18. The van der Waals surface area contributed by atoms with Gasteiger partial charge in [-0.3, -0.25) is 4.79 Å². The Balaban J connectivity index is 4.23. The van der Waals surface area contributed by atoms with Gasteiger partial charge in [0.05, 0.1) is 0 Å². The van der Waals surface area contributed by atoms with Gasteiger partial charge in [-0.15, -0.1) is 0 Å². The third-order valence-electron chi connectivity index (χ3n) is 1.37. The smallest absolute Gasteiger partial charge is 0.334 e. The zero-order valence-electron chi connectivity index (χ0n) is 8.81. The van der Waals surface area contributed by atoms with Crippen molar-refractivity contribution in [2.24, 2.45) is 16.0 Å². The second-order valence-electron chi connectivity index (χ2n) is 2.99. The minimum absolute atomic E-state index is 0.414. The molecule has 0 aliphatic carbocycles. The fourth-order valence-electron chi connectivity index (χ4n) is 0.739. The molecule has 0 fully saturated rings. The molecule has 0 aromatic carbocycles. The maximum Gasteiger partial charge on any atom is 0.382 e. The van der Waals surface area contributed by atoms with Gasteiger partial charge in [0.1, 0.15) is 6.04 Å². The topological polar surface area (TPSA) is 199 Å². The minimum Gasteiger partial charge on any atom is -0.334 e. The van der Waals surface area contributed by atoms with Gasteiger partial charge in [-0.1, -0.05) is 0 Å². The van der Waals surface area contributed by atoms with Crippen LogP contribution in [-0.2, 0) is 38.6 Å². The van der Waals surface area contributed by atoms with Crippen LogP contribution in [0.2, 0.25) is 0 Å². The van der Waals surface area contributed by atoms with E-state index in [0.717, 1.165) is 0 Å². The van der Waals surface area contributed by atoms with Crippen molar-refractivity contribution in [1.82, 2.24) is 0 Å². The first-order chi connectivity index (χ1) is 7.91. The van der Waals surface area contributed by atoms with Gasteiger partial charge in [0.15, 0.2) is 0 Å². The van der Waals surface area contributed by atoms with Crippen LogP contribution in [0.25, 0.3) is 0 Å². The Bertz CT molecular complexity index is 523. The number of carbonyl (C=O) groups is 2. The molecule has 0 bridgehead atoms. The van der Waals surface area contributed by atoms with Crippen molar-refractivity contribution in [3.8, 4) is 0 Å². The van der Waals surface area contributed by atoms with Gasteiger partial charge in [0, 0.05) is 6.42 Å². The van der Waals surface area contributed by atoms with Gasteiger partial charge < -0.3 is 14.1 Å². The fourth-order valence-corrected chi connectivity index (χ4v) is 1.43. The van der Waals surface area contributed by atoms with Gasteiger partial charge in [0.25, 0.3) is 0 Å². The van der Waals surface area contributed by atoms with Crippen molar-refractivity contribution in [3.05, 3.63) is 0 Å². The van der Waals surface area contributed by atoms with Crippen molar-refractivity contribution >= 4 is 32.5 Å². The highest BCUT2D eigenvalue weighted by Crippen LogP contribution is 2.01. The first-order valence-corrected chi connectivity index (χ1v) is 7.11. The molecule has 106 valence electrons. The maximum atomic E-state index is 11.0. The largest absolute Gasteiger partial charge is 0.382 e. The molecule has 0 aromatic heterocycles.